The van der Waals surface area contributed by atoms with E-state index < -0.39 is 0 Å². The number of anilines is 1. The monoisotopic (exact) mass is 233 g/mol. The number of carbonyl (C=O) groups is 1. The zero-order chi connectivity index (χ0) is 12.3. The minimum absolute atomic E-state index is 0.169. The molecule has 1 aromatic rings. The van der Waals surface area contributed by atoms with E-state index in [0.717, 1.165) is 25.9 Å². The zero-order valence-electron chi connectivity index (χ0n) is 9.73. The van der Waals surface area contributed by atoms with Gasteiger partial charge in [0.1, 0.15) is 17.5 Å². The highest BCUT2D eigenvalue weighted by Crippen LogP contribution is 2.17. The Morgan fingerprint density at radius 1 is 1.76 bits per heavy atom. The summed E-state index contributed by atoms with van der Waals surface area (Å²) < 4.78 is 0. The average molecular weight is 233 g/mol. The Morgan fingerprint density at radius 2 is 2.59 bits per heavy atom. The smallest absolute Gasteiger partial charge is 0.323 e. The molecule has 0 bridgehead atoms. The predicted molar refractivity (Wildman–Crippen MR) is 62.3 cm³/mol. The number of piperidine rings is 1. The lowest BCUT2D eigenvalue weighted by atomic mass is 10.0. The second-order valence-corrected chi connectivity index (χ2v) is 4.39. The summed E-state index contributed by atoms with van der Waals surface area (Å²) >= 11 is 0. The van der Waals surface area contributed by atoms with Gasteiger partial charge in [-0.25, -0.2) is 4.79 Å². The fourth-order valence-corrected chi connectivity index (χ4v) is 2.03. The van der Waals surface area contributed by atoms with Crippen LogP contribution >= 0.6 is 0 Å². The molecule has 90 valence electrons. The maximum atomic E-state index is 11.9. The Hall–Kier alpha value is -2.03. The number of hydrogen-bond acceptors (Lipinski definition) is 3. The summed E-state index contributed by atoms with van der Waals surface area (Å²) in [5, 5.41) is 17.8. The number of aromatic amines is 1. The SMILES string of the molecule is CC1CCCN(C(=O)Nc2[nH]ncc2C#N)C1. The van der Waals surface area contributed by atoms with Crippen LogP contribution in [0.5, 0.6) is 0 Å². The third-order valence-electron chi connectivity index (χ3n) is 2.94. The van der Waals surface area contributed by atoms with E-state index in [1.165, 1.54) is 6.20 Å². The Kier molecular flexibility index (Phi) is 3.28. The fourth-order valence-electron chi connectivity index (χ4n) is 2.03. The van der Waals surface area contributed by atoms with Gasteiger partial charge in [0.25, 0.3) is 0 Å². The van der Waals surface area contributed by atoms with Crippen LogP contribution in [0.1, 0.15) is 25.3 Å². The van der Waals surface area contributed by atoms with Gasteiger partial charge in [-0.3, -0.25) is 10.4 Å². The summed E-state index contributed by atoms with van der Waals surface area (Å²) in [6.07, 6.45) is 3.59. The van der Waals surface area contributed by atoms with Crippen LogP contribution in [0.3, 0.4) is 0 Å². The van der Waals surface area contributed by atoms with Crippen LogP contribution in [0.15, 0.2) is 6.20 Å². The van der Waals surface area contributed by atoms with E-state index in [4.69, 9.17) is 5.26 Å². The quantitative estimate of drug-likeness (QED) is 0.771. The molecule has 0 aromatic carbocycles. The highest BCUT2D eigenvalue weighted by Gasteiger charge is 2.21. The number of likely N-dealkylation sites (tertiary alicyclic amines) is 1. The maximum absolute atomic E-state index is 11.9. The van der Waals surface area contributed by atoms with Gasteiger partial charge in [0.05, 0.1) is 6.20 Å². The molecule has 1 atom stereocenters. The van der Waals surface area contributed by atoms with Gasteiger partial charge in [0.15, 0.2) is 0 Å². The molecule has 1 aliphatic rings. The number of nitriles is 1. The zero-order valence-corrected chi connectivity index (χ0v) is 9.73. The highest BCUT2D eigenvalue weighted by atomic mass is 16.2. The van der Waals surface area contributed by atoms with E-state index in [0.29, 0.717) is 17.3 Å². The van der Waals surface area contributed by atoms with Crippen molar-refractivity contribution in [2.24, 2.45) is 5.92 Å². The first-order valence-corrected chi connectivity index (χ1v) is 5.70. The Labute approximate surface area is 99.6 Å². The van der Waals surface area contributed by atoms with E-state index in [2.05, 4.69) is 22.4 Å². The third kappa shape index (κ3) is 2.56. The molecule has 2 amide bonds. The molecule has 6 heteroatoms. The molecule has 0 aliphatic carbocycles. The molecule has 1 saturated heterocycles. The first kappa shape index (κ1) is 11.5. The summed E-state index contributed by atoms with van der Waals surface area (Å²) in [5.74, 6) is 0.905. The van der Waals surface area contributed by atoms with Gasteiger partial charge < -0.3 is 4.90 Å². The van der Waals surface area contributed by atoms with E-state index >= 15 is 0 Å². The molecule has 6 nitrogen and oxygen atoms in total. The molecule has 2 heterocycles. The second kappa shape index (κ2) is 4.87. The van der Waals surface area contributed by atoms with Gasteiger partial charge in [-0.05, 0) is 18.8 Å². The largest absolute Gasteiger partial charge is 0.324 e. The number of nitrogens with one attached hydrogen (secondary N) is 2. The lowest BCUT2D eigenvalue weighted by molar-refractivity contribution is 0.182. The Balaban J connectivity index is 1.99. The van der Waals surface area contributed by atoms with Gasteiger partial charge in [0.2, 0.25) is 0 Å². The van der Waals surface area contributed by atoms with Gasteiger partial charge >= 0.3 is 6.03 Å². The number of hydrogen-bond donors (Lipinski definition) is 2. The van der Waals surface area contributed by atoms with Crippen LogP contribution in [0.2, 0.25) is 0 Å². The second-order valence-electron chi connectivity index (χ2n) is 4.39. The van der Waals surface area contributed by atoms with Crippen molar-refractivity contribution >= 4 is 11.8 Å². The highest BCUT2D eigenvalue weighted by molar-refractivity contribution is 5.89. The summed E-state index contributed by atoms with van der Waals surface area (Å²) in [4.78, 5) is 13.7. The van der Waals surface area contributed by atoms with Gasteiger partial charge in [0, 0.05) is 13.1 Å². The number of urea groups is 1. The van der Waals surface area contributed by atoms with Crippen molar-refractivity contribution in [3.05, 3.63) is 11.8 Å². The van der Waals surface area contributed by atoms with Crippen LogP contribution < -0.4 is 5.32 Å². The van der Waals surface area contributed by atoms with E-state index in [-0.39, 0.29) is 6.03 Å². The van der Waals surface area contributed by atoms with Crippen molar-refractivity contribution in [1.29, 1.82) is 5.26 Å². The first-order chi connectivity index (χ1) is 8.20. The number of rotatable bonds is 1. The molecular formula is C11H15N5O. The van der Waals surface area contributed by atoms with Crippen LogP contribution in [0, 0.1) is 17.2 Å². The summed E-state index contributed by atoms with van der Waals surface area (Å²) in [5.41, 5.74) is 0.350. The summed E-state index contributed by atoms with van der Waals surface area (Å²) in [6.45, 7) is 3.67. The molecular weight excluding hydrogens is 218 g/mol. The van der Waals surface area contributed by atoms with Gasteiger partial charge in [-0.2, -0.15) is 10.4 Å². The van der Waals surface area contributed by atoms with Crippen LogP contribution in [0.4, 0.5) is 10.6 Å². The van der Waals surface area contributed by atoms with Crippen LogP contribution in [-0.2, 0) is 0 Å². The molecule has 1 unspecified atom stereocenters. The molecule has 1 aliphatic heterocycles. The minimum Gasteiger partial charge on any atom is -0.324 e. The van der Waals surface area contributed by atoms with E-state index in [9.17, 15) is 4.79 Å². The van der Waals surface area contributed by atoms with Crippen molar-refractivity contribution < 1.29 is 4.79 Å². The van der Waals surface area contributed by atoms with Gasteiger partial charge in [-0.15, -0.1) is 0 Å². The standard InChI is InChI=1S/C11H15N5O/c1-8-3-2-4-16(7-8)11(17)14-10-9(5-12)6-13-15-10/h6,8H,2-4,7H2,1H3,(H2,13,14,15,17). The summed E-state index contributed by atoms with van der Waals surface area (Å²) in [7, 11) is 0. The Morgan fingerprint density at radius 3 is 3.29 bits per heavy atom. The molecule has 2 N–H and O–H groups in total. The molecule has 1 fully saturated rings. The number of aromatic nitrogens is 2. The van der Waals surface area contributed by atoms with Crippen molar-refractivity contribution in [1.82, 2.24) is 15.1 Å². The number of H-pyrrole nitrogens is 1. The summed E-state index contributed by atoms with van der Waals surface area (Å²) in [6, 6.07) is 1.80. The fraction of sp³-hybridized carbons (Fsp3) is 0.545. The van der Waals surface area contributed by atoms with E-state index in [1.807, 2.05) is 6.07 Å². The number of amides is 2. The molecule has 0 spiro atoms. The normalized spacial score (nSPS) is 19.8. The van der Waals surface area contributed by atoms with Crippen molar-refractivity contribution in [3.8, 4) is 6.07 Å². The van der Waals surface area contributed by atoms with Crippen LogP contribution in [-0.4, -0.2) is 34.2 Å². The molecule has 2 rings (SSSR count). The lowest BCUT2D eigenvalue weighted by Gasteiger charge is -2.30. The Bertz CT molecular complexity index is 447. The van der Waals surface area contributed by atoms with Crippen molar-refractivity contribution in [2.75, 3.05) is 18.4 Å². The van der Waals surface area contributed by atoms with Crippen molar-refractivity contribution in [2.45, 2.75) is 19.8 Å². The molecule has 17 heavy (non-hydrogen) atoms. The predicted octanol–water partition coefficient (Wildman–Crippen LogP) is 1.55. The van der Waals surface area contributed by atoms with Crippen molar-refractivity contribution in [3.63, 3.8) is 0 Å². The molecule has 0 radical (unpaired) electrons. The number of carbonyl (C=O) groups excluding carboxylic acids is 1. The molecule has 1 aromatic heterocycles. The minimum atomic E-state index is -0.169. The maximum Gasteiger partial charge on any atom is 0.323 e. The van der Waals surface area contributed by atoms with E-state index in [1.54, 1.807) is 4.90 Å². The average Bonchev–Trinajstić information content (AvgIpc) is 2.76. The number of nitrogens with zero attached hydrogens (tertiary/aromatic N) is 3. The topological polar surface area (TPSA) is 84.8 Å². The van der Waals surface area contributed by atoms with Crippen LogP contribution in [0.25, 0.3) is 0 Å². The first-order valence-electron chi connectivity index (χ1n) is 5.70. The lowest BCUT2D eigenvalue weighted by Crippen LogP contribution is -2.41. The molecule has 0 saturated carbocycles. The van der Waals surface area contributed by atoms with Gasteiger partial charge in [-0.1, -0.05) is 6.92 Å². The third-order valence-corrected chi connectivity index (χ3v) is 2.94.